The van der Waals surface area contributed by atoms with Crippen molar-refractivity contribution in [2.24, 2.45) is 0 Å². The molecule has 0 aliphatic carbocycles. The van der Waals surface area contributed by atoms with E-state index in [-0.39, 0.29) is 24.4 Å². The van der Waals surface area contributed by atoms with Crippen LogP contribution in [0.3, 0.4) is 0 Å². The fraction of sp³-hybridized carbons (Fsp3) is 0.538. The molecule has 0 saturated carbocycles. The number of aliphatic hydroxyl groups excluding tert-OH is 1. The summed E-state index contributed by atoms with van der Waals surface area (Å²) in [6.07, 6.45) is 0.845. The van der Waals surface area contributed by atoms with Gasteiger partial charge in [0.1, 0.15) is 11.5 Å². The van der Waals surface area contributed by atoms with E-state index in [1.807, 2.05) is 26.0 Å². The molecule has 0 amide bonds. The lowest BCUT2D eigenvalue weighted by Gasteiger charge is -2.21. The van der Waals surface area contributed by atoms with E-state index in [1.54, 1.807) is 13.2 Å². The Labute approximate surface area is 102 Å². The number of ether oxygens (including phenoxy) is 1. The summed E-state index contributed by atoms with van der Waals surface area (Å²) in [6, 6.07) is 5.26. The molecular weight excluding hydrogens is 218 g/mol. The lowest BCUT2D eigenvalue weighted by molar-refractivity contribution is 0.229. The maximum atomic E-state index is 9.87. The molecule has 17 heavy (non-hydrogen) atoms. The molecule has 0 aliphatic heterocycles. The minimum Gasteiger partial charge on any atom is -0.507 e. The first-order chi connectivity index (χ1) is 8.12. The Morgan fingerprint density at radius 3 is 2.59 bits per heavy atom. The molecule has 0 radical (unpaired) electrons. The zero-order valence-corrected chi connectivity index (χ0v) is 10.6. The third-order valence-electron chi connectivity index (χ3n) is 2.90. The predicted octanol–water partition coefficient (Wildman–Crippen LogP) is 1.82. The number of phenolic OH excluding ortho intramolecular Hbond substituents is 1. The summed E-state index contributed by atoms with van der Waals surface area (Å²) < 4.78 is 5.03. The van der Waals surface area contributed by atoms with Crippen LogP contribution in [0.4, 0.5) is 0 Å². The molecule has 4 nitrogen and oxygen atoms in total. The summed E-state index contributed by atoms with van der Waals surface area (Å²) in [4.78, 5) is 0. The van der Waals surface area contributed by atoms with Gasteiger partial charge in [-0.1, -0.05) is 13.0 Å². The summed E-state index contributed by atoms with van der Waals surface area (Å²) >= 11 is 0. The Kier molecular flexibility index (Phi) is 5.25. The molecule has 0 fully saturated rings. The number of aromatic hydroxyl groups is 1. The van der Waals surface area contributed by atoms with Gasteiger partial charge in [-0.15, -0.1) is 0 Å². The molecule has 0 spiro atoms. The normalized spacial score (nSPS) is 14.4. The van der Waals surface area contributed by atoms with Crippen LogP contribution in [-0.4, -0.2) is 30.0 Å². The number of nitrogens with one attached hydrogen (secondary N) is 1. The number of benzene rings is 1. The molecule has 0 aromatic heterocycles. The number of hydrogen-bond acceptors (Lipinski definition) is 4. The van der Waals surface area contributed by atoms with Crippen molar-refractivity contribution in [3.05, 3.63) is 23.8 Å². The summed E-state index contributed by atoms with van der Waals surface area (Å²) in [7, 11) is 1.56. The maximum absolute atomic E-state index is 9.87. The van der Waals surface area contributed by atoms with E-state index in [0.29, 0.717) is 5.75 Å². The fourth-order valence-corrected chi connectivity index (χ4v) is 1.76. The number of methoxy groups -OCH3 is 1. The van der Waals surface area contributed by atoms with Gasteiger partial charge >= 0.3 is 0 Å². The van der Waals surface area contributed by atoms with Gasteiger partial charge in [0.15, 0.2) is 0 Å². The van der Waals surface area contributed by atoms with Crippen LogP contribution in [0, 0.1) is 0 Å². The minimum absolute atomic E-state index is 0.0157. The largest absolute Gasteiger partial charge is 0.507 e. The highest BCUT2D eigenvalue weighted by atomic mass is 16.5. The number of aliphatic hydroxyl groups is 1. The third-order valence-corrected chi connectivity index (χ3v) is 2.90. The molecular formula is C13H21NO3. The van der Waals surface area contributed by atoms with E-state index in [1.165, 1.54) is 0 Å². The molecule has 0 heterocycles. The van der Waals surface area contributed by atoms with Crippen molar-refractivity contribution in [3.8, 4) is 11.5 Å². The van der Waals surface area contributed by atoms with E-state index in [2.05, 4.69) is 5.32 Å². The second-order valence-electron chi connectivity index (χ2n) is 4.10. The molecule has 0 saturated heterocycles. The maximum Gasteiger partial charge on any atom is 0.124 e. The summed E-state index contributed by atoms with van der Waals surface area (Å²) in [6.45, 7) is 4.06. The number of hydrogen-bond donors (Lipinski definition) is 3. The molecule has 2 atom stereocenters. The minimum atomic E-state index is -0.0157. The zero-order valence-electron chi connectivity index (χ0n) is 10.6. The van der Waals surface area contributed by atoms with Crippen LogP contribution < -0.4 is 10.1 Å². The lowest BCUT2D eigenvalue weighted by atomic mass is 10.1. The lowest BCUT2D eigenvalue weighted by Crippen LogP contribution is -2.33. The Morgan fingerprint density at radius 2 is 2.12 bits per heavy atom. The fourth-order valence-electron chi connectivity index (χ4n) is 1.76. The summed E-state index contributed by atoms with van der Waals surface area (Å²) in [5, 5.41) is 22.3. The standard InChI is InChI=1S/C13H21NO3/c1-4-10(8-15)14-9(2)12-6-5-11(17-3)7-13(12)16/h5-7,9-10,14-16H,4,8H2,1-3H3/t9?,10-/m0/s1. The van der Waals surface area contributed by atoms with Gasteiger partial charge in [-0.3, -0.25) is 0 Å². The molecule has 0 bridgehead atoms. The monoisotopic (exact) mass is 239 g/mol. The Bertz CT molecular complexity index is 351. The predicted molar refractivity (Wildman–Crippen MR) is 67.4 cm³/mol. The molecule has 1 aromatic rings. The highest BCUT2D eigenvalue weighted by Gasteiger charge is 2.14. The first kappa shape index (κ1) is 13.8. The molecule has 1 unspecified atom stereocenters. The highest BCUT2D eigenvalue weighted by molar-refractivity contribution is 5.41. The molecule has 4 heteroatoms. The summed E-state index contributed by atoms with van der Waals surface area (Å²) in [5.74, 6) is 0.838. The topological polar surface area (TPSA) is 61.7 Å². The van der Waals surface area contributed by atoms with Crippen molar-refractivity contribution in [2.45, 2.75) is 32.4 Å². The second-order valence-corrected chi connectivity index (χ2v) is 4.10. The van der Waals surface area contributed by atoms with Crippen LogP contribution in [0.2, 0.25) is 0 Å². The van der Waals surface area contributed by atoms with E-state index in [4.69, 9.17) is 9.84 Å². The molecule has 96 valence electrons. The Hall–Kier alpha value is -1.26. The van der Waals surface area contributed by atoms with Crippen LogP contribution >= 0.6 is 0 Å². The first-order valence-corrected chi connectivity index (χ1v) is 5.86. The number of phenols is 1. The quantitative estimate of drug-likeness (QED) is 0.708. The van der Waals surface area contributed by atoms with Gasteiger partial charge in [0.2, 0.25) is 0 Å². The van der Waals surface area contributed by atoms with Gasteiger partial charge in [-0.05, 0) is 19.4 Å². The van der Waals surface area contributed by atoms with Gasteiger partial charge in [0.25, 0.3) is 0 Å². The van der Waals surface area contributed by atoms with E-state index in [9.17, 15) is 5.11 Å². The molecule has 3 N–H and O–H groups in total. The van der Waals surface area contributed by atoms with Gasteiger partial charge < -0.3 is 20.3 Å². The molecule has 1 rings (SSSR count). The van der Waals surface area contributed by atoms with E-state index < -0.39 is 0 Å². The van der Waals surface area contributed by atoms with Gasteiger partial charge in [-0.2, -0.15) is 0 Å². The van der Waals surface area contributed by atoms with Crippen molar-refractivity contribution < 1.29 is 14.9 Å². The first-order valence-electron chi connectivity index (χ1n) is 5.86. The van der Waals surface area contributed by atoms with Gasteiger partial charge in [0, 0.05) is 23.7 Å². The van der Waals surface area contributed by atoms with Crippen molar-refractivity contribution in [2.75, 3.05) is 13.7 Å². The number of rotatable bonds is 6. The second kappa shape index (κ2) is 6.47. The smallest absolute Gasteiger partial charge is 0.124 e. The van der Waals surface area contributed by atoms with Crippen LogP contribution in [0.5, 0.6) is 11.5 Å². The van der Waals surface area contributed by atoms with Crippen molar-refractivity contribution >= 4 is 0 Å². The highest BCUT2D eigenvalue weighted by Crippen LogP contribution is 2.28. The van der Waals surface area contributed by atoms with Crippen LogP contribution in [0.25, 0.3) is 0 Å². The van der Waals surface area contributed by atoms with Crippen LogP contribution in [0.15, 0.2) is 18.2 Å². The van der Waals surface area contributed by atoms with Crippen LogP contribution in [0.1, 0.15) is 31.9 Å². The Balaban J connectivity index is 2.78. The average Bonchev–Trinajstić information content (AvgIpc) is 2.35. The van der Waals surface area contributed by atoms with Crippen molar-refractivity contribution in [1.29, 1.82) is 0 Å². The average molecular weight is 239 g/mol. The van der Waals surface area contributed by atoms with Gasteiger partial charge in [-0.25, -0.2) is 0 Å². The van der Waals surface area contributed by atoms with E-state index >= 15 is 0 Å². The van der Waals surface area contributed by atoms with Gasteiger partial charge in [0.05, 0.1) is 13.7 Å². The zero-order chi connectivity index (χ0) is 12.8. The third kappa shape index (κ3) is 3.61. The van der Waals surface area contributed by atoms with Crippen molar-refractivity contribution in [1.82, 2.24) is 5.32 Å². The van der Waals surface area contributed by atoms with Crippen molar-refractivity contribution in [3.63, 3.8) is 0 Å². The molecule has 1 aromatic carbocycles. The molecule has 0 aliphatic rings. The Morgan fingerprint density at radius 1 is 1.41 bits per heavy atom. The SMILES string of the molecule is CC[C@@H](CO)NC(C)c1ccc(OC)cc1O. The van der Waals surface area contributed by atoms with E-state index in [0.717, 1.165) is 12.0 Å². The summed E-state index contributed by atoms with van der Waals surface area (Å²) in [5.41, 5.74) is 0.803. The van der Waals surface area contributed by atoms with Crippen LogP contribution in [-0.2, 0) is 0 Å².